The van der Waals surface area contributed by atoms with Crippen LogP contribution in [0, 0.1) is 0 Å². The Bertz CT molecular complexity index is 1070. The zero-order chi connectivity index (χ0) is 20.3. The maximum absolute atomic E-state index is 6.33. The molecular formula is C26H27N2P. The zero-order valence-corrected chi connectivity index (χ0v) is 17.6. The Morgan fingerprint density at radius 2 is 1.00 bits per heavy atom. The average molecular weight is 398 g/mol. The van der Waals surface area contributed by atoms with Crippen LogP contribution >= 0.6 is 6.60 Å². The van der Waals surface area contributed by atoms with Crippen molar-refractivity contribution in [2.75, 3.05) is 17.6 Å². The molecule has 3 heteroatoms. The van der Waals surface area contributed by atoms with Crippen molar-refractivity contribution in [3.05, 3.63) is 109 Å². The Morgan fingerprint density at radius 3 is 1.48 bits per heavy atom. The molecule has 4 aromatic carbocycles. The topological polar surface area (TPSA) is 52.0 Å². The molecule has 2 nitrogen and oxygen atoms in total. The Kier molecular flexibility index (Phi) is 4.90. The molecule has 4 aromatic rings. The molecule has 4 rings (SSSR count). The van der Waals surface area contributed by atoms with Gasteiger partial charge >= 0.3 is 173 Å². The van der Waals surface area contributed by atoms with Gasteiger partial charge in [0.2, 0.25) is 0 Å². The first-order valence-electron chi connectivity index (χ1n) is 9.96. The molecule has 4 N–H and O–H groups in total. The molecule has 0 radical (unpaired) electrons. The molecule has 146 valence electrons. The molecule has 0 aliphatic rings. The van der Waals surface area contributed by atoms with Gasteiger partial charge in [-0.25, -0.2) is 0 Å². The van der Waals surface area contributed by atoms with Crippen LogP contribution in [0.15, 0.2) is 109 Å². The van der Waals surface area contributed by atoms with Crippen molar-refractivity contribution in [3.63, 3.8) is 0 Å². The molecule has 0 bridgehead atoms. The van der Waals surface area contributed by atoms with Crippen molar-refractivity contribution < 1.29 is 0 Å². The van der Waals surface area contributed by atoms with Gasteiger partial charge in [-0.05, 0) is 0 Å². The van der Waals surface area contributed by atoms with Crippen LogP contribution in [0.3, 0.4) is 0 Å². The van der Waals surface area contributed by atoms with E-state index in [9.17, 15) is 0 Å². The van der Waals surface area contributed by atoms with E-state index in [4.69, 9.17) is 11.5 Å². The minimum absolute atomic E-state index is 0.773. The predicted octanol–water partition coefficient (Wildman–Crippen LogP) is 4.03. The number of hydrogen-bond donors (Lipinski definition) is 2. The van der Waals surface area contributed by atoms with Crippen molar-refractivity contribution in [2.45, 2.75) is 6.92 Å². The first-order valence-corrected chi connectivity index (χ1v) is 12.4. The van der Waals surface area contributed by atoms with E-state index in [1.807, 2.05) is 18.2 Å². The fraction of sp³-hybridized carbons (Fsp3) is 0.0769. The standard InChI is InChI=1S/C26H27N2P/c1-2-29(23-11-5-3-6-12-23,24-13-7-4-8-14-24,25-18-16-21(27)17-19-25)26-15-9-10-22(28)20-26/h3-20H,2,27-28H2,1H3. The van der Waals surface area contributed by atoms with Gasteiger partial charge in [-0.3, -0.25) is 0 Å². The summed E-state index contributed by atoms with van der Waals surface area (Å²) < 4.78 is 0. The van der Waals surface area contributed by atoms with Crippen LogP contribution < -0.4 is 32.7 Å². The molecule has 0 fully saturated rings. The Morgan fingerprint density at radius 1 is 0.517 bits per heavy atom. The molecule has 0 saturated heterocycles. The summed E-state index contributed by atoms with van der Waals surface area (Å²) in [5.74, 6) is 0. The van der Waals surface area contributed by atoms with E-state index in [2.05, 4.69) is 97.9 Å². The number of nitrogen functional groups attached to an aromatic ring is 2. The second kappa shape index (κ2) is 7.39. The van der Waals surface area contributed by atoms with Gasteiger partial charge in [-0.15, -0.1) is 0 Å². The van der Waals surface area contributed by atoms with E-state index in [0.29, 0.717) is 0 Å². The van der Waals surface area contributed by atoms with Crippen LogP contribution in [-0.4, -0.2) is 6.16 Å². The van der Waals surface area contributed by atoms with Gasteiger partial charge < -0.3 is 0 Å². The Labute approximate surface area is 173 Å². The summed E-state index contributed by atoms with van der Waals surface area (Å²) >= 11 is 0. The summed E-state index contributed by atoms with van der Waals surface area (Å²) in [6.07, 6.45) is 0.951. The zero-order valence-electron chi connectivity index (χ0n) is 16.7. The van der Waals surface area contributed by atoms with Gasteiger partial charge in [0.15, 0.2) is 0 Å². The molecule has 29 heavy (non-hydrogen) atoms. The molecule has 0 amide bonds. The van der Waals surface area contributed by atoms with Crippen LogP contribution in [0.5, 0.6) is 0 Å². The summed E-state index contributed by atoms with van der Waals surface area (Å²) in [6.45, 7) is -0.732. The number of rotatable bonds is 5. The number of nitrogens with two attached hydrogens (primary N) is 2. The van der Waals surface area contributed by atoms with E-state index < -0.39 is 6.60 Å². The molecular weight excluding hydrogens is 371 g/mol. The fourth-order valence-corrected chi connectivity index (χ4v) is 11.3. The number of hydrogen-bond acceptors (Lipinski definition) is 2. The third-order valence-corrected chi connectivity index (χ3v) is 13.2. The van der Waals surface area contributed by atoms with Gasteiger partial charge in [0.1, 0.15) is 0 Å². The second-order valence-corrected chi connectivity index (χ2v) is 12.8. The molecule has 0 unspecified atom stereocenters. The van der Waals surface area contributed by atoms with Gasteiger partial charge in [-0.1, -0.05) is 0 Å². The summed E-state index contributed by atoms with van der Waals surface area (Å²) in [4.78, 5) is 0. The van der Waals surface area contributed by atoms with Crippen molar-refractivity contribution in [2.24, 2.45) is 0 Å². The van der Waals surface area contributed by atoms with E-state index in [1.165, 1.54) is 21.2 Å². The Hall–Kier alpha value is -3.09. The molecule has 0 spiro atoms. The predicted molar refractivity (Wildman–Crippen MR) is 131 cm³/mol. The second-order valence-electron chi connectivity index (χ2n) is 7.48. The van der Waals surface area contributed by atoms with E-state index >= 15 is 0 Å². The average Bonchev–Trinajstić information content (AvgIpc) is 2.78. The third kappa shape index (κ3) is 2.75. The van der Waals surface area contributed by atoms with Crippen LogP contribution in [0.2, 0.25) is 0 Å². The maximum atomic E-state index is 6.33. The first kappa shape index (κ1) is 19.2. The van der Waals surface area contributed by atoms with E-state index in [0.717, 1.165) is 17.5 Å². The van der Waals surface area contributed by atoms with Crippen molar-refractivity contribution in [3.8, 4) is 0 Å². The van der Waals surface area contributed by atoms with Crippen LogP contribution in [0.4, 0.5) is 11.4 Å². The molecule has 0 atom stereocenters. The molecule has 0 heterocycles. The summed E-state index contributed by atoms with van der Waals surface area (Å²) in [5.41, 5.74) is 14.0. The van der Waals surface area contributed by atoms with Gasteiger partial charge in [0, 0.05) is 0 Å². The SMILES string of the molecule is CCP(c1ccccc1)(c1ccccc1)(c1ccc(N)cc1)c1cccc(N)c1. The van der Waals surface area contributed by atoms with Crippen molar-refractivity contribution in [1.82, 2.24) is 0 Å². The molecule has 0 saturated carbocycles. The third-order valence-electron chi connectivity index (χ3n) is 6.19. The van der Waals surface area contributed by atoms with Crippen LogP contribution in [-0.2, 0) is 0 Å². The Balaban J connectivity index is 2.28. The molecule has 0 aromatic heterocycles. The van der Waals surface area contributed by atoms with E-state index in [1.54, 1.807) is 0 Å². The van der Waals surface area contributed by atoms with E-state index in [-0.39, 0.29) is 0 Å². The minimum atomic E-state index is -3.04. The normalized spacial score (nSPS) is 12.8. The number of benzene rings is 4. The van der Waals surface area contributed by atoms with Gasteiger partial charge in [-0.2, -0.15) is 0 Å². The quantitative estimate of drug-likeness (QED) is 0.394. The number of anilines is 2. The molecule has 0 aliphatic heterocycles. The monoisotopic (exact) mass is 398 g/mol. The van der Waals surface area contributed by atoms with Gasteiger partial charge in [0.05, 0.1) is 0 Å². The summed E-state index contributed by atoms with van der Waals surface area (Å²) in [6, 6.07) is 38.7. The fourth-order valence-electron chi connectivity index (χ4n) is 4.77. The van der Waals surface area contributed by atoms with Gasteiger partial charge in [0.25, 0.3) is 0 Å². The van der Waals surface area contributed by atoms with Crippen LogP contribution in [0.1, 0.15) is 6.92 Å². The summed E-state index contributed by atoms with van der Waals surface area (Å²) in [5, 5.41) is 5.25. The first-order chi connectivity index (χ1) is 14.1. The molecule has 0 aliphatic carbocycles. The van der Waals surface area contributed by atoms with Crippen LogP contribution in [0.25, 0.3) is 0 Å². The van der Waals surface area contributed by atoms with Crippen molar-refractivity contribution >= 4 is 39.2 Å². The van der Waals surface area contributed by atoms with Crippen molar-refractivity contribution in [1.29, 1.82) is 0 Å². The summed E-state index contributed by atoms with van der Waals surface area (Å²) in [7, 11) is 0.